The van der Waals surface area contributed by atoms with E-state index in [1.165, 1.54) is 44.9 Å². The molecule has 20 heavy (non-hydrogen) atoms. The van der Waals surface area contributed by atoms with Crippen molar-refractivity contribution in [2.75, 3.05) is 23.3 Å². The normalized spacial score (nSPS) is 10.8. The molecule has 0 aromatic heterocycles. The topological polar surface area (TPSA) is 3.24 Å². The molecule has 114 valence electrons. The van der Waals surface area contributed by atoms with Gasteiger partial charge in [-0.25, -0.2) is 4.39 Å². The second-order valence-electron chi connectivity index (χ2n) is 5.22. The van der Waals surface area contributed by atoms with Crippen molar-refractivity contribution >= 4 is 21.6 Å². The summed E-state index contributed by atoms with van der Waals surface area (Å²) < 4.78 is 12.9. The van der Waals surface area contributed by atoms with Gasteiger partial charge in [0.1, 0.15) is 5.82 Å². The predicted octanol–water partition coefficient (Wildman–Crippen LogP) is 5.78. The van der Waals surface area contributed by atoms with Crippen molar-refractivity contribution in [3.05, 3.63) is 30.1 Å². The van der Waals surface area contributed by atoms with E-state index in [9.17, 15) is 4.39 Å². The molecule has 1 aromatic rings. The van der Waals surface area contributed by atoms with Gasteiger partial charge in [-0.15, -0.1) is 0 Å². The molecule has 0 N–H and O–H groups in total. The van der Waals surface area contributed by atoms with Gasteiger partial charge in [0.05, 0.1) is 0 Å². The Labute approximate surface area is 131 Å². The van der Waals surface area contributed by atoms with Crippen LogP contribution in [0.25, 0.3) is 0 Å². The van der Waals surface area contributed by atoms with Crippen LogP contribution in [-0.2, 0) is 0 Å². The molecule has 3 heteroatoms. The minimum Gasteiger partial charge on any atom is -0.372 e. The van der Waals surface area contributed by atoms with Crippen LogP contribution in [0.4, 0.5) is 10.1 Å². The molecular weight excluding hydrogens is 317 g/mol. The van der Waals surface area contributed by atoms with Crippen molar-refractivity contribution in [1.29, 1.82) is 0 Å². The maximum atomic E-state index is 12.9. The molecule has 1 aromatic carbocycles. The van der Waals surface area contributed by atoms with Gasteiger partial charge in [-0.05, 0) is 44.0 Å². The van der Waals surface area contributed by atoms with Crippen molar-refractivity contribution in [1.82, 2.24) is 0 Å². The largest absolute Gasteiger partial charge is 0.372 e. The fourth-order valence-corrected chi connectivity index (χ4v) is 2.80. The summed E-state index contributed by atoms with van der Waals surface area (Å²) in [4.78, 5) is 2.32. The van der Waals surface area contributed by atoms with Crippen molar-refractivity contribution in [2.45, 2.75) is 51.9 Å². The average molecular weight is 344 g/mol. The molecule has 0 aliphatic heterocycles. The van der Waals surface area contributed by atoms with Gasteiger partial charge < -0.3 is 4.90 Å². The van der Waals surface area contributed by atoms with Crippen molar-refractivity contribution < 1.29 is 4.39 Å². The monoisotopic (exact) mass is 343 g/mol. The van der Waals surface area contributed by atoms with Crippen LogP contribution >= 0.6 is 15.9 Å². The highest BCUT2D eigenvalue weighted by atomic mass is 79.9. The summed E-state index contributed by atoms with van der Waals surface area (Å²) in [6, 6.07) is 6.84. The highest BCUT2D eigenvalue weighted by Gasteiger charge is 2.03. The highest BCUT2D eigenvalue weighted by molar-refractivity contribution is 9.09. The van der Waals surface area contributed by atoms with Gasteiger partial charge in [-0.3, -0.25) is 0 Å². The van der Waals surface area contributed by atoms with Crippen LogP contribution in [0.15, 0.2) is 24.3 Å². The maximum absolute atomic E-state index is 12.9. The van der Waals surface area contributed by atoms with E-state index < -0.39 is 0 Å². The summed E-state index contributed by atoms with van der Waals surface area (Å²) in [6.45, 7) is 4.21. The number of anilines is 1. The number of benzene rings is 1. The number of rotatable bonds is 11. The van der Waals surface area contributed by atoms with Crippen LogP contribution in [0.5, 0.6) is 0 Å². The Morgan fingerprint density at radius 2 is 1.45 bits per heavy atom. The molecule has 0 heterocycles. The lowest BCUT2D eigenvalue weighted by Gasteiger charge is -2.23. The molecular formula is C17H27BrFN. The zero-order chi connectivity index (χ0) is 14.6. The summed E-state index contributed by atoms with van der Waals surface area (Å²) >= 11 is 3.46. The third-order valence-corrected chi connectivity index (χ3v) is 4.20. The van der Waals surface area contributed by atoms with Crippen LogP contribution in [0.2, 0.25) is 0 Å². The molecule has 0 aliphatic carbocycles. The van der Waals surface area contributed by atoms with Gasteiger partial charge in [-0.1, -0.05) is 48.0 Å². The summed E-state index contributed by atoms with van der Waals surface area (Å²) in [6.07, 6.45) is 9.23. The molecule has 0 saturated carbocycles. The molecule has 1 rings (SSSR count). The number of nitrogens with zero attached hydrogens (tertiary/aromatic N) is 1. The number of alkyl halides is 1. The van der Waals surface area contributed by atoms with Gasteiger partial charge >= 0.3 is 0 Å². The Morgan fingerprint density at radius 3 is 2.00 bits per heavy atom. The van der Waals surface area contributed by atoms with E-state index in [1.807, 2.05) is 12.1 Å². The molecule has 0 aliphatic rings. The first-order valence-electron chi connectivity index (χ1n) is 7.84. The molecule has 0 amide bonds. The first-order valence-corrected chi connectivity index (χ1v) is 8.96. The quantitative estimate of drug-likeness (QED) is 0.363. The van der Waals surface area contributed by atoms with Crippen LogP contribution in [-0.4, -0.2) is 18.4 Å². The van der Waals surface area contributed by atoms with E-state index in [0.29, 0.717) is 0 Å². The predicted molar refractivity (Wildman–Crippen MR) is 90.4 cm³/mol. The van der Waals surface area contributed by atoms with E-state index in [4.69, 9.17) is 0 Å². The molecule has 0 saturated heterocycles. The van der Waals surface area contributed by atoms with Crippen LogP contribution in [0, 0.1) is 5.82 Å². The third kappa shape index (κ3) is 7.28. The maximum Gasteiger partial charge on any atom is 0.123 e. The second-order valence-corrected chi connectivity index (χ2v) is 6.01. The SMILES string of the molecule is CCN(CCCCCCCCCBr)c1ccc(F)cc1. The van der Waals surface area contributed by atoms with Gasteiger partial charge in [0.2, 0.25) is 0 Å². The summed E-state index contributed by atoms with van der Waals surface area (Å²) in [7, 11) is 0. The second kappa shape index (κ2) is 11.1. The highest BCUT2D eigenvalue weighted by Crippen LogP contribution is 2.16. The van der Waals surface area contributed by atoms with Crippen LogP contribution in [0.3, 0.4) is 0 Å². The molecule has 0 unspecified atom stereocenters. The van der Waals surface area contributed by atoms with E-state index in [0.717, 1.165) is 24.1 Å². The fourth-order valence-electron chi connectivity index (χ4n) is 2.40. The van der Waals surface area contributed by atoms with Crippen LogP contribution < -0.4 is 4.90 Å². The van der Waals surface area contributed by atoms with Crippen molar-refractivity contribution in [3.63, 3.8) is 0 Å². The molecule has 0 atom stereocenters. The minimum absolute atomic E-state index is 0.159. The summed E-state index contributed by atoms with van der Waals surface area (Å²) in [5.74, 6) is -0.159. The van der Waals surface area contributed by atoms with Crippen molar-refractivity contribution in [3.8, 4) is 0 Å². The first kappa shape index (κ1) is 17.5. The van der Waals surface area contributed by atoms with E-state index in [-0.39, 0.29) is 5.82 Å². The molecule has 1 nitrogen and oxygen atoms in total. The molecule has 0 fully saturated rings. The van der Waals surface area contributed by atoms with Crippen LogP contribution in [0.1, 0.15) is 51.9 Å². The number of unbranched alkanes of at least 4 members (excludes halogenated alkanes) is 6. The fraction of sp³-hybridized carbons (Fsp3) is 0.647. The standard InChI is InChI=1S/C17H27BrFN/c1-2-20(17-12-10-16(19)11-13-17)15-9-7-5-3-4-6-8-14-18/h10-13H,2-9,14-15H2,1H3. The Kier molecular flexibility index (Phi) is 9.73. The Balaban J connectivity index is 2.14. The van der Waals surface area contributed by atoms with E-state index in [2.05, 4.69) is 27.8 Å². The lowest BCUT2D eigenvalue weighted by molar-refractivity contribution is 0.586. The van der Waals surface area contributed by atoms with Gasteiger partial charge in [0.15, 0.2) is 0 Å². The number of hydrogen-bond donors (Lipinski definition) is 0. The van der Waals surface area contributed by atoms with Gasteiger partial charge in [-0.2, -0.15) is 0 Å². The Hall–Kier alpha value is -0.570. The van der Waals surface area contributed by atoms with E-state index >= 15 is 0 Å². The lowest BCUT2D eigenvalue weighted by Crippen LogP contribution is -2.23. The smallest absolute Gasteiger partial charge is 0.123 e. The minimum atomic E-state index is -0.159. The molecule has 0 radical (unpaired) electrons. The third-order valence-electron chi connectivity index (χ3n) is 3.64. The van der Waals surface area contributed by atoms with Gasteiger partial charge in [0.25, 0.3) is 0 Å². The number of halogens is 2. The summed E-state index contributed by atoms with van der Waals surface area (Å²) in [5.41, 5.74) is 1.13. The zero-order valence-electron chi connectivity index (χ0n) is 12.6. The Bertz CT molecular complexity index is 339. The molecule has 0 bridgehead atoms. The molecule has 0 spiro atoms. The lowest BCUT2D eigenvalue weighted by atomic mass is 10.1. The average Bonchev–Trinajstić information content (AvgIpc) is 2.47. The van der Waals surface area contributed by atoms with Gasteiger partial charge in [0, 0.05) is 24.1 Å². The zero-order valence-corrected chi connectivity index (χ0v) is 14.2. The number of hydrogen-bond acceptors (Lipinski definition) is 1. The van der Waals surface area contributed by atoms with Crippen molar-refractivity contribution in [2.24, 2.45) is 0 Å². The summed E-state index contributed by atoms with van der Waals surface area (Å²) in [5, 5.41) is 1.14. The Morgan fingerprint density at radius 1 is 0.900 bits per heavy atom. The van der Waals surface area contributed by atoms with E-state index in [1.54, 1.807) is 12.1 Å². The first-order chi connectivity index (χ1) is 9.77.